The van der Waals surface area contributed by atoms with Crippen molar-refractivity contribution in [3.05, 3.63) is 24.0 Å². The minimum absolute atomic E-state index is 0.0549. The van der Waals surface area contributed by atoms with Crippen LogP contribution in [0.2, 0.25) is 0 Å². The van der Waals surface area contributed by atoms with Crippen LogP contribution in [0.1, 0.15) is 25.6 Å². The van der Waals surface area contributed by atoms with Crippen LogP contribution in [0.3, 0.4) is 0 Å². The maximum Gasteiger partial charge on any atom is 0.216 e. The van der Waals surface area contributed by atoms with E-state index < -0.39 is 20.0 Å². The highest BCUT2D eigenvalue weighted by Crippen LogP contribution is 2.27. The van der Waals surface area contributed by atoms with Gasteiger partial charge >= 0.3 is 0 Å². The molecule has 0 unspecified atom stereocenters. The molecule has 2 rings (SSSR count). The van der Waals surface area contributed by atoms with Crippen molar-refractivity contribution in [3.8, 4) is 0 Å². The molecule has 0 bridgehead atoms. The van der Waals surface area contributed by atoms with E-state index in [4.69, 9.17) is 0 Å². The average Bonchev–Trinajstić information content (AvgIpc) is 2.87. The summed E-state index contributed by atoms with van der Waals surface area (Å²) in [6.45, 7) is 4.29. The summed E-state index contributed by atoms with van der Waals surface area (Å²) >= 11 is 0. The summed E-state index contributed by atoms with van der Waals surface area (Å²) in [5.74, 6) is -0.280. The van der Waals surface area contributed by atoms with Crippen LogP contribution < -0.4 is 4.72 Å². The Hall–Kier alpha value is -0.900. The maximum atomic E-state index is 12.4. The van der Waals surface area contributed by atoms with Crippen molar-refractivity contribution in [3.63, 3.8) is 0 Å². The van der Waals surface area contributed by atoms with Gasteiger partial charge in [-0.05, 0) is 26.0 Å². The third-order valence-electron chi connectivity index (χ3n) is 3.71. The summed E-state index contributed by atoms with van der Waals surface area (Å²) in [7, 11) is -6.85. The maximum absolute atomic E-state index is 12.4. The molecule has 0 radical (unpaired) electrons. The molecule has 0 saturated carbocycles. The molecule has 2 heterocycles. The van der Waals surface area contributed by atoms with Gasteiger partial charge in [-0.15, -0.1) is 0 Å². The molecular weight excluding hydrogens is 314 g/mol. The van der Waals surface area contributed by atoms with Gasteiger partial charge in [0, 0.05) is 31.5 Å². The zero-order chi connectivity index (χ0) is 15.7. The van der Waals surface area contributed by atoms with E-state index in [-0.39, 0.29) is 24.1 Å². The largest absolute Gasteiger partial charge is 0.349 e. The number of fused-ring (bicyclic) bond motifs is 1. The molecule has 9 heteroatoms. The van der Waals surface area contributed by atoms with Crippen molar-refractivity contribution in [2.24, 2.45) is 0 Å². The molecule has 1 aliphatic heterocycles. The van der Waals surface area contributed by atoms with Gasteiger partial charge in [0.1, 0.15) is 0 Å². The fourth-order valence-electron chi connectivity index (χ4n) is 2.48. The topological polar surface area (TPSA) is 88.5 Å². The molecule has 1 aromatic heterocycles. The van der Waals surface area contributed by atoms with E-state index in [2.05, 4.69) is 4.72 Å². The second kappa shape index (κ2) is 6.07. The highest BCUT2D eigenvalue weighted by atomic mass is 32.2. The Morgan fingerprint density at radius 1 is 1.29 bits per heavy atom. The van der Waals surface area contributed by atoms with Crippen molar-refractivity contribution in [1.82, 2.24) is 13.6 Å². The van der Waals surface area contributed by atoms with Gasteiger partial charge in [0.05, 0.1) is 17.5 Å². The Morgan fingerprint density at radius 2 is 2.00 bits per heavy atom. The highest BCUT2D eigenvalue weighted by Gasteiger charge is 2.32. The molecule has 7 nitrogen and oxygen atoms in total. The lowest BCUT2D eigenvalue weighted by Gasteiger charge is -2.33. The highest BCUT2D eigenvalue weighted by molar-refractivity contribution is 7.90. The van der Waals surface area contributed by atoms with Crippen molar-refractivity contribution in [1.29, 1.82) is 0 Å². The van der Waals surface area contributed by atoms with Crippen LogP contribution >= 0.6 is 0 Å². The van der Waals surface area contributed by atoms with Crippen molar-refractivity contribution in [2.75, 3.05) is 24.6 Å². The number of rotatable bonds is 6. The van der Waals surface area contributed by atoms with E-state index in [0.29, 0.717) is 13.1 Å². The number of hydrogen-bond acceptors (Lipinski definition) is 4. The number of aromatic nitrogens is 1. The van der Waals surface area contributed by atoms with Crippen molar-refractivity contribution < 1.29 is 16.8 Å². The molecular formula is C12H21N3O4S2. The Balaban J connectivity index is 2.04. The summed E-state index contributed by atoms with van der Waals surface area (Å²) in [5, 5.41) is 0. The molecule has 1 aliphatic rings. The van der Waals surface area contributed by atoms with Gasteiger partial charge in [-0.2, -0.15) is 4.31 Å². The summed E-state index contributed by atoms with van der Waals surface area (Å²) < 4.78 is 53.2. The predicted octanol–water partition coefficient (Wildman–Crippen LogP) is 0.134. The SMILES string of the molecule is CCS(=O)(=O)NCCS(=O)(=O)N1CCn2cccc2[C@@H]1C. The van der Waals surface area contributed by atoms with Crippen molar-refractivity contribution >= 4 is 20.0 Å². The van der Waals surface area contributed by atoms with Gasteiger partial charge in [0.2, 0.25) is 20.0 Å². The van der Waals surface area contributed by atoms with Gasteiger partial charge in [0.15, 0.2) is 0 Å². The second-order valence-electron chi connectivity index (χ2n) is 5.03. The van der Waals surface area contributed by atoms with E-state index in [1.807, 2.05) is 29.8 Å². The Morgan fingerprint density at radius 3 is 2.67 bits per heavy atom. The summed E-state index contributed by atoms with van der Waals surface area (Å²) in [6, 6.07) is 3.57. The number of sulfonamides is 2. The quantitative estimate of drug-likeness (QED) is 0.800. The van der Waals surface area contributed by atoms with Crippen LogP contribution in [0, 0.1) is 0 Å². The van der Waals surface area contributed by atoms with E-state index in [1.165, 1.54) is 11.2 Å². The fourth-order valence-corrected chi connectivity index (χ4v) is 4.77. The van der Waals surface area contributed by atoms with Crippen LogP contribution in [0.4, 0.5) is 0 Å². The molecule has 120 valence electrons. The van der Waals surface area contributed by atoms with E-state index in [1.54, 1.807) is 0 Å². The molecule has 0 aliphatic carbocycles. The van der Waals surface area contributed by atoms with Crippen LogP contribution in [0.5, 0.6) is 0 Å². The van der Waals surface area contributed by atoms with E-state index >= 15 is 0 Å². The third kappa shape index (κ3) is 3.65. The molecule has 0 spiro atoms. The zero-order valence-electron chi connectivity index (χ0n) is 12.2. The molecule has 1 atom stereocenters. The first-order chi connectivity index (χ1) is 9.77. The van der Waals surface area contributed by atoms with Crippen LogP contribution in [0.25, 0.3) is 0 Å². The molecule has 0 aromatic carbocycles. The standard InChI is InChI=1S/C12H21N3O4S2/c1-3-20(16,17)13-6-10-21(18,19)15-9-8-14-7-4-5-12(14)11(15)2/h4-5,7,11,13H,3,6,8-10H2,1-2H3/t11-/m0/s1. The summed E-state index contributed by atoms with van der Waals surface area (Å²) in [4.78, 5) is 0. The van der Waals surface area contributed by atoms with Crippen LogP contribution in [-0.2, 0) is 26.6 Å². The molecule has 21 heavy (non-hydrogen) atoms. The fraction of sp³-hybridized carbons (Fsp3) is 0.667. The molecule has 0 amide bonds. The Bertz CT molecular complexity index is 694. The Kier molecular flexibility index (Phi) is 4.76. The first kappa shape index (κ1) is 16.5. The van der Waals surface area contributed by atoms with Crippen LogP contribution in [-0.4, -0.2) is 50.3 Å². The smallest absolute Gasteiger partial charge is 0.216 e. The lowest BCUT2D eigenvalue weighted by molar-refractivity contribution is 0.282. The van der Waals surface area contributed by atoms with Crippen LogP contribution in [0.15, 0.2) is 18.3 Å². The lowest BCUT2D eigenvalue weighted by Crippen LogP contribution is -2.43. The van der Waals surface area contributed by atoms with Gasteiger partial charge in [-0.25, -0.2) is 21.6 Å². The summed E-state index contributed by atoms with van der Waals surface area (Å²) in [6.07, 6.45) is 1.94. The normalized spacial score (nSPS) is 20.4. The molecule has 1 aromatic rings. The summed E-state index contributed by atoms with van der Waals surface area (Å²) in [5.41, 5.74) is 0.957. The second-order valence-corrected chi connectivity index (χ2v) is 9.16. The van der Waals surface area contributed by atoms with Crippen molar-refractivity contribution in [2.45, 2.75) is 26.4 Å². The molecule has 0 saturated heterocycles. The van der Waals surface area contributed by atoms with E-state index in [9.17, 15) is 16.8 Å². The number of nitrogens with one attached hydrogen (secondary N) is 1. The average molecular weight is 335 g/mol. The van der Waals surface area contributed by atoms with E-state index in [0.717, 1.165) is 5.69 Å². The number of nitrogens with zero attached hydrogens (tertiary/aromatic N) is 2. The first-order valence-electron chi connectivity index (χ1n) is 6.89. The minimum Gasteiger partial charge on any atom is -0.349 e. The molecule has 0 fully saturated rings. The monoisotopic (exact) mass is 335 g/mol. The predicted molar refractivity (Wildman–Crippen MR) is 80.8 cm³/mol. The van der Waals surface area contributed by atoms with Gasteiger partial charge in [-0.1, -0.05) is 0 Å². The number of hydrogen-bond donors (Lipinski definition) is 1. The minimum atomic E-state index is -3.49. The van der Waals surface area contributed by atoms with Gasteiger partial charge in [0.25, 0.3) is 0 Å². The van der Waals surface area contributed by atoms with Gasteiger partial charge < -0.3 is 4.57 Å². The van der Waals surface area contributed by atoms with Gasteiger partial charge in [-0.3, -0.25) is 0 Å². The zero-order valence-corrected chi connectivity index (χ0v) is 13.8. The molecule has 1 N–H and O–H groups in total. The lowest BCUT2D eigenvalue weighted by atomic mass is 10.2. The first-order valence-corrected chi connectivity index (χ1v) is 10.1. The third-order valence-corrected chi connectivity index (χ3v) is 7.04. The Labute approximate surface area is 126 Å².